The zero-order valence-corrected chi connectivity index (χ0v) is 8.95. The zero-order chi connectivity index (χ0) is 11.4. The lowest BCUT2D eigenvalue weighted by molar-refractivity contribution is -0.137. The molecule has 84 valence electrons. The molecular formula is C10H20O4. The van der Waals surface area contributed by atoms with E-state index in [4.69, 9.17) is 15.0 Å². The van der Waals surface area contributed by atoms with E-state index in [1.807, 2.05) is 0 Å². The van der Waals surface area contributed by atoms with Gasteiger partial charge < -0.3 is 10.2 Å². The Morgan fingerprint density at radius 3 is 1.79 bits per heavy atom. The fraction of sp³-hybridized carbons (Fsp3) is 0.800. The van der Waals surface area contributed by atoms with Crippen LogP contribution in [0.5, 0.6) is 0 Å². The highest BCUT2D eigenvalue weighted by atomic mass is 16.4. The van der Waals surface area contributed by atoms with E-state index >= 15 is 0 Å². The molecule has 0 spiro atoms. The standard InChI is InChI=1S/C8H16O2.C2H4O2/c1-2-3-4-5-6-7-8(9)10;1-2(3)4/h2-7H2,1H3,(H,9,10);1H3,(H,3,4). The first-order chi connectivity index (χ1) is 6.50. The van der Waals surface area contributed by atoms with Crippen molar-refractivity contribution in [3.63, 3.8) is 0 Å². The Morgan fingerprint density at radius 2 is 1.43 bits per heavy atom. The number of carbonyl (C=O) groups is 2. The Kier molecular flexibility index (Phi) is 13.1. The largest absolute Gasteiger partial charge is 0.481 e. The molecule has 0 aromatic rings. The SMILES string of the molecule is CC(=O)O.CCCCCCCC(=O)O. The summed E-state index contributed by atoms with van der Waals surface area (Å²) in [5, 5.41) is 15.7. The van der Waals surface area contributed by atoms with Crippen LogP contribution in [0.25, 0.3) is 0 Å². The van der Waals surface area contributed by atoms with Gasteiger partial charge in [0.1, 0.15) is 0 Å². The first-order valence-electron chi connectivity index (χ1n) is 4.92. The van der Waals surface area contributed by atoms with E-state index in [9.17, 15) is 4.79 Å². The van der Waals surface area contributed by atoms with Crippen molar-refractivity contribution >= 4 is 11.9 Å². The molecule has 0 saturated carbocycles. The monoisotopic (exact) mass is 204 g/mol. The van der Waals surface area contributed by atoms with Gasteiger partial charge in [-0.15, -0.1) is 0 Å². The average Bonchev–Trinajstić information content (AvgIpc) is 2.02. The highest BCUT2D eigenvalue weighted by Crippen LogP contribution is 2.04. The lowest BCUT2D eigenvalue weighted by Crippen LogP contribution is -1.93. The fourth-order valence-electron chi connectivity index (χ4n) is 0.880. The van der Waals surface area contributed by atoms with Crippen molar-refractivity contribution in [2.45, 2.75) is 52.4 Å². The van der Waals surface area contributed by atoms with Gasteiger partial charge in [0.25, 0.3) is 5.97 Å². The number of rotatable bonds is 6. The van der Waals surface area contributed by atoms with Gasteiger partial charge in [-0.3, -0.25) is 9.59 Å². The van der Waals surface area contributed by atoms with Gasteiger partial charge in [0.05, 0.1) is 0 Å². The van der Waals surface area contributed by atoms with E-state index in [1.165, 1.54) is 19.3 Å². The van der Waals surface area contributed by atoms with Crippen molar-refractivity contribution in [1.29, 1.82) is 0 Å². The summed E-state index contributed by atoms with van der Waals surface area (Å²) in [6, 6.07) is 0. The number of unbranched alkanes of at least 4 members (excludes halogenated alkanes) is 4. The number of aliphatic carboxylic acids is 2. The Hall–Kier alpha value is -1.06. The molecule has 0 aliphatic carbocycles. The molecule has 2 N–H and O–H groups in total. The Balaban J connectivity index is 0. The third-order valence-corrected chi connectivity index (χ3v) is 1.49. The molecule has 0 aromatic heterocycles. The van der Waals surface area contributed by atoms with Crippen molar-refractivity contribution in [3.8, 4) is 0 Å². The molecule has 0 rings (SSSR count). The molecule has 0 aromatic carbocycles. The first-order valence-corrected chi connectivity index (χ1v) is 4.92. The average molecular weight is 204 g/mol. The molecular weight excluding hydrogens is 184 g/mol. The molecule has 0 heterocycles. The van der Waals surface area contributed by atoms with Gasteiger partial charge in [-0.2, -0.15) is 0 Å². The predicted molar refractivity (Wildman–Crippen MR) is 54.3 cm³/mol. The molecule has 0 aliphatic heterocycles. The second kappa shape index (κ2) is 11.9. The van der Waals surface area contributed by atoms with Gasteiger partial charge in [0.2, 0.25) is 0 Å². The summed E-state index contributed by atoms with van der Waals surface area (Å²) >= 11 is 0. The zero-order valence-electron chi connectivity index (χ0n) is 8.95. The smallest absolute Gasteiger partial charge is 0.303 e. The van der Waals surface area contributed by atoms with Gasteiger partial charge in [0.15, 0.2) is 0 Å². The molecule has 0 fully saturated rings. The number of hydrogen-bond acceptors (Lipinski definition) is 2. The van der Waals surface area contributed by atoms with E-state index in [1.54, 1.807) is 0 Å². The van der Waals surface area contributed by atoms with Crippen LogP contribution in [0.1, 0.15) is 52.4 Å². The first kappa shape index (κ1) is 15.4. The van der Waals surface area contributed by atoms with Crippen LogP contribution in [-0.4, -0.2) is 22.2 Å². The van der Waals surface area contributed by atoms with E-state index < -0.39 is 11.9 Å². The minimum Gasteiger partial charge on any atom is -0.481 e. The topological polar surface area (TPSA) is 74.6 Å². The van der Waals surface area contributed by atoms with Crippen LogP contribution in [0.15, 0.2) is 0 Å². The molecule has 0 bridgehead atoms. The van der Waals surface area contributed by atoms with Crippen molar-refractivity contribution in [2.75, 3.05) is 0 Å². The second-order valence-corrected chi connectivity index (χ2v) is 3.08. The lowest BCUT2D eigenvalue weighted by atomic mass is 10.1. The van der Waals surface area contributed by atoms with E-state index in [-0.39, 0.29) is 0 Å². The maximum absolute atomic E-state index is 10.0. The van der Waals surface area contributed by atoms with Crippen molar-refractivity contribution in [2.24, 2.45) is 0 Å². The van der Waals surface area contributed by atoms with Crippen molar-refractivity contribution < 1.29 is 19.8 Å². The van der Waals surface area contributed by atoms with Crippen LogP contribution < -0.4 is 0 Å². The van der Waals surface area contributed by atoms with Crippen LogP contribution in [-0.2, 0) is 9.59 Å². The Labute approximate surface area is 84.9 Å². The van der Waals surface area contributed by atoms with Crippen LogP contribution in [0.4, 0.5) is 0 Å². The van der Waals surface area contributed by atoms with Gasteiger partial charge in [-0.05, 0) is 6.42 Å². The van der Waals surface area contributed by atoms with Crippen LogP contribution >= 0.6 is 0 Å². The number of carboxylic acid groups (broad SMARTS) is 2. The molecule has 0 radical (unpaired) electrons. The van der Waals surface area contributed by atoms with Crippen LogP contribution in [0.3, 0.4) is 0 Å². The summed E-state index contributed by atoms with van der Waals surface area (Å²) < 4.78 is 0. The molecule has 4 heteroatoms. The molecule has 0 saturated heterocycles. The molecule has 0 aliphatic rings. The highest BCUT2D eigenvalue weighted by Gasteiger charge is 1.94. The lowest BCUT2D eigenvalue weighted by Gasteiger charge is -1.95. The van der Waals surface area contributed by atoms with Crippen LogP contribution in [0.2, 0.25) is 0 Å². The molecule has 0 unspecified atom stereocenters. The maximum Gasteiger partial charge on any atom is 0.303 e. The normalized spacial score (nSPS) is 8.71. The highest BCUT2D eigenvalue weighted by molar-refractivity contribution is 5.66. The molecule has 0 amide bonds. The van der Waals surface area contributed by atoms with E-state index in [0.29, 0.717) is 6.42 Å². The minimum atomic E-state index is -0.833. The van der Waals surface area contributed by atoms with Crippen LogP contribution in [0, 0.1) is 0 Å². The van der Waals surface area contributed by atoms with Gasteiger partial charge in [0, 0.05) is 13.3 Å². The molecule has 4 nitrogen and oxygen atoms in total. The third-order valence-electron chi connectivity index (χ3n) is 1.49. The Bertz CT molecular complexity index is 150. The summed E-state index contributed by atoms with van der Waals surface area (Å²) in [6.45, 7) is 3.23. The molecule has 0 atom stereocenters. The minimum absolute atomic E-state index is 0.337. The summed E-state index contributed by atoms with van der Waals surface area (Å²) in [7, 11) is 0. The summed E-state index contributed by atoms with van der Waals surface area (Å²) in [4.78, 5) is 19.0. The fourth-order valence-corrected chi connectivity index (χ4v) is 0.880. The summed E-state index contributed by atoms with van der Waals surface area (Å²) in [5.74, 6) is -1.50. The second-order valence-electron chi connectivity index (χ2n) is 3.08. The van der Waals surface area contributed by atoms with Gasteiger partial charge in [-0.25, -0.2) is 0 Å². The van der Waals surface area contributed by atoms with E-state index in [2.05, 4.69) is 6.92 Å². The van der Waals surface area contributed by atoms with Gasteiger partial charge >= 0.3 is 5.97 Å². The van der Waals surface area contributed by atoms with Gasteiger partial charge in [-0.1, -0.05) is 32.6 Å². The van der Waals surface area contributed by atoms with Crippen molar-refractivity contribution in [1.82, 2.24) is 0 Å². The Morgan fingerprint density at radius 1 is 1.00 bits per heavy atom. The summed E-state index contributed by atoms with van der Waals surface area (Å²) in [5.41, 5.74) is 0. The van der Waals surface area contributed by atoms with Crippen molar-refractivity contribution in [3.05, 3.63) is 0 Å². The quantitative estimate of drug-likeness (QED) is 0.652. The summed E-state index contributed by atoms with van der Waals surface area (Å²) in [6.07, 6.45) is 5.88. The predicted octanol–water partition coefficient (Wildman–Crippen LogP) is 2.52. The number of carboxylic acids is 2. The number of hydrogen-bond donors (Lipinski definition) is 2. The molecule has 14 heavy (non-hydrogen) atoms. The van der Waals surface area contributed by atoms with E-state index in [0.717, 1.165) is 19.8 Å². The third kappa shape index (κ3) is 30.6. The maximum atomic E-state index is 10.0.